The molecule has 0 spiro atoms. The van der Waals surface area contributed by atoms with Crippen LogP contribution in [0.3, 0.4) is 0 Å². The molecular weight excluding hydrogens is 452 g/mol. The molecule has 1 amide bonds. The summed E-state index contributed by atoms with van der Waals surface area (Å²) in [6.45, 7) is 3.62. The smallest absolute Gasteiger partial charge is 0.270 e. The summed E-state index contributed by atoms with van der Waals surface area (Å²) in [6, 6.07) is 11.4. The zero-order chi connectivity index (χ0) is 24.0. The van der Waals surface area contributed by atoms with Crippen molar-refractivity contribution in [3.63, 3.8) is 0 Å². The van der Waals surface area contributed by atoms with Gasteiger partial charge < -0.3 is 14.6 Å². The van der Waals surface area contributed by atoms with Crippen molar-refractivity contribution in [2.45, 2.75) is 25.3 Å². The van der Waals surface area contributed by atoms with Crippen LogP contribution >= 0.6 is 0 Å². The first kappa shape index (κ1) is 23.9. The van der Waals surface area contributed by atoms with Gasteiger partial charge in [-0.1, -0.05) is 23.4 Å². The number of nitro benzene ring substituents is 1. The highest BCUT2D eigenvalue weighted by Crippen LogP contribution is 2.21. The third-order valence-corrected chi connectivity index (χ3v) is 6.18. The number of benzene rings is 2. The number of carbonyl (C=O) groups is 1. The number of nitro groups is 1. The first-order valence-electron chi connectivity index (χ1n) is 9.85. The Morgan fingerprint density at radius 1 is 1.15 bits per heavy atom. The third-order valence-electron chi connectivity index (χ3n) is 4.73. The molecular formula is C21H22N4O7S. The van der Waals surface area contributed by atoms with E-state index in [0.717, 1.165) is 11.6 Å². The molecule has 11 nitrogen and oxygen atoms in total. The van der Waals surface area contributed by atoms with Crippen LogP contribution in [-0.4, -0.2) is 37.5 Å². The van der Waals surface area contributed by atoms with E-state index in [2.05, 4.69) is 15.2 Å². The number of para-hydroxylation sites is 1. The van der Waals surface area contributed by atoms with Gasteiger partial charge in [0.05, 0.1) is 26.6 Å². The minimum absolute atomic E-state index is 0.00874. The van der Waals surface area contributed by atoms with Gasteiger partial charge in [0.25, 0.3) is 11.6 Å². The number of nitrogens with one attached hydrogen (secondary N) is 2. The number of ether oxygens (including phenoxy) is 1. The minimum atomic E-state index is -3.97. The average Bonchev–Trinajstić information content (AvgIpc) is 3.12. The molecule has 0 atom stereocenters. The fraction of sp³-hybridized carbons (Fsp3) is 0.238. The fourth-order valence-electron chi connectivity index (χ4n) is 2.94. The van der Waals surface area contributed by atoms with Crippen molar-refractivity contribution in [1.82, 2.24) is 15.2 Å². The van der Waals surface area contributed by atoms with Crippen molar-refractivity contribution < 1.29 is 27.4 Å². The first-order chi connectivity index (χ1) is 15.7. The molecule has 2 aromatic carbocycles. The highest BCUT2D eigenvalue weighted by atomic mass is 32.2. The monoisotopic (exact) mass is 474 g/mol. The summed E-state index contributed by atoms with van der Waals surface area (Å²) >= 11 is 0. The second-order valence-electron chi connectivity index (χ2n) is 7.00. The number of sulfonamides is 1. The van der Waals surface area contributed by atoms with Gasteiger partial charge in [-0.25, -0.2) is 13.1 Å². The molecule has 0 radical (unpaired) electrons. The number of aromatic nitrogens is 1. The minimum Gasteiger partial charge on any atom is -0.488 e. The van der Waals surface area contributed by atoms with Crippen molar-refractivity contribution in [3.8, 4) is 5.75 Å². The van der Waals surface area contributed by atoms with Crippen molar-refractivity contribution in [2.24, 2.45) is 0 Å². The molecule has 174 valence electrons. The van der Waals surface area contributed by atoms with Crippen LogP contribution in [0.25, 0.3) is 0 Å². The van der Waals surface area contributed by atoms with E-state index < -0.39 is 20.9 Å². The molecule has 33 heavy (non-hydrogen) atoms. The highest BCUT2D eigenvalue weighted by molar-refractivity contribution is 7.89. The maximum absolute atomic E-state index is 12.6. The normalized spacial score (nSPS) is 11.2. The van der Waals surface area contributed by atoms with Crippen molar-refractivity contribution >= 4 is 21.6 Å². The predicted octanol–water partition coefficient (Wildman–Crippen LogP) is 2.49. The quantitative estimate of drug-likeness (QED) is 0.258. The van der Waals surface area contributed by atoms with E-state index in [-0.39, 0.29) is 35.8 Å². The van der Waals surface area contributed by atoms with E-state index in [1.165, 1.54) is 18.2 Å². The molecule has 12 heteroatoms. The molecule has 0 saturated carbocycles. The molecule has 0 bridgehead atoms. The van der Waals surface area contributed by atoms with Crippen molar-refractivity contribution in [2.75, 3.05) is 13.1 Å². The van der Waals surface area contributed by atoms with Gasteiger partial charge in [-0.15, -0.1) is 0 Å². The summed E-state index contributed by atoms with van der Waals surface area (Å²) in [6.07, 6.45) is 0. The van der Waals surface area contributed by atoms with Crippen LogP contribution in [0.1, 0.15) is 27.4 Å². The lowest BCUT2D eigenvalue weighted by molar-refractivity contribution is -0.385. The summed E-state index contributed by atoms with van der Waals surface area (Å²) in [7, 11) is -3.97. The maximum atomic E-state index is 12.6. The molecule has 0 aliphatic heterocycles. The van der Waals surface area contributed by atoms with E-state index in [0.29, 0.717) is 17.2 Å². The number of nitrogens with zero attached hydrogens (tertiary/aromatic N) is 2. The zero-order valence-corrected chi connectivity index (χ0v) is 18.7. The first-order valence-corrected chi connectivity index (χ1v) is 11.3. The van der Waals surface area contributed by atoms with Crippen LogP contribution in [0.15, 0.2) is 57.9 Å². The number of hydrogen-bond donors (Lipinski definition) is 2. The zero-order valence-electron chi connectivity index (χ0n) is 17.9. The van der Waals surface area contributed by atoms with E-state index in [4.69, 9.17) is 9.26 Å². The largest absolute Gasteiger partial charge is 0.488 e. The van der Waals surface area contributed by atoms with Crippen LogP contribution in [0, 0.1) is 24.0 Å². The Kier molecular flexibility index (Phi) is 7.41. The van der Waals surface area contributed by atoms with Gasteiger partial charge in [-0.05, 0) is 32.0 Å². The fourth-order valence-corrected chi connectivity index (χ4v) is 4.01. The van der Waals surface area contributed by atoms with Crippen molar-refractivity contribution in [3.05, 3.63) is 81.2 Å². The summed E-state index contributed by atoms with van der Waals surface area (Å²) in [4.78, 5) is 22.5. The SMILES string of the molecule is Cc1noc(C)c1COc1ccccc1C(=O)NCCNS(=O)(=O)c1cccc([N+](=O)[O-])c1. The lowest BCUT2D eigenvalue weighted by Crippen LogP contribution is -2.34. The molecule has 3 aromatic rings. The number of aryl methyl sites for hydroxylation is 2. The molecule has 0 aliphatic rings. The Bertz CT molecular complexity index is 1250. The Morgan fingerprint density at radius 3 is 2.61 bits per heavy atom. The highest BCUT2D eigenvalue weighted by Gasteiger charge is 2.18. The van der Waals surface area contributed by atoms with Gasteiger partial charge in [0.1, 0.15) is 18.1 Å². The Balaban J connectivity index is 1.57. The summed E-state index contributed by atoms with van der Waals surface area (Å²) in [5, 5.41) is 17.3. The molecule has 0 fully saturated rings. The molecule has 1 heterocycles. The van der Waals surface area contributed by atoms with Gasteiger partial charge in [0.15, 0.2) is 0 Å². The molecule has 3 rings (SSSR count). The second kappa shape index (κ2) is 10.2. The van der Waals surface area contributed by atoms with Crippen LogP contribution in [0.4, 0.5) is 5.69 Å². The van der Waals surface area contributed by atoms with Gasteiger partial charge in [0, 0.05) is 25.2 Å². The molecule has 0 saturated heterocycles. The lowest BCUT2D eigenvalue weighted by Gasteiger charge is -2.12. The summed E-state index contributed by atoms with van der Waals surface area (Å²) < 4.78 is 37.9. The Morgan fingerprint density at radius 2 is 1.91 bits per heavy atom. The Labute approximate surface area is 189 Å². The van der Waals surface area contributed by atoms with Gasteiger partial charge in [-0.3, -0.25) is 14.9 Å². The molecule has 2 N–H and O–H groups in total. The van der Waals surface area contributed by atoms with Crippen LogP contribution in [0.2, 0.25) is 0 Å². The number of non-ortho nitro benzene ring substituents is 1. The average molecular weight is 474 g/mol. The topological polar surface area (TPSA) is 154 Å². The predicted molar refractivity (Wildman–Crippen MR) is 117 cm³/mol. The van der Waals surface area contributed by atoms with Gasteiger partial charge in [-0.2, -0.15) is 0 Å². The van der Waals surface area contributed by atoms with Crippen molar-refractivity contribution in [1.29, 1.82) is 0 Å². The summed E-state index contributed by atoms with van der Waals surface area (Å²) in [5.74, 6) is 0.538. The Hall–Kier alpha value is -3.77. The maximum Gasteiger partial charge on any atom is 0.270 e. The third kappa shape index (κ3) is 5.93. The molecule has 0 unspecified atom stereocenters. The number of carbonyl (C=O) groups excluding carboxylic acids is 1. The number of rotatable bonds is 10. The van der Waals surface area contributed by atoms with E-state index in [9.17, 15) is 23.3 Å². The standard InChI is InChI=1S/C21H22N4O7S/c1-14-19(15(2)32-24-14)13-31-20-9-4-3-8-18(20)21(26)22-10-11-23-33(29,30)17-7-5-6-16(12-17)25(27)28/h3-9,12,23H,10-11,13H2,1-2H3,(H,22,26). The van der Waals surface area contributed by atoms with E-state index in [1.807, 2.05) is 0 Å². The molecule has 0 aliphatic carbocycles. The van der Waals surface area contributed by atoms with Crippen LogP contribution in [0.5, 0.6) is 5.75 Å². The van der Waals surface area contributed by atoms with Gasteiger partial charge >= 0.3 is 0 Å². The number of amides is 1. The summed E-state index contributed by atoms with van der Waals surface area (Å²) in [5.41, 5.74) is 1.44. The van der Waals surface area contributed by atoms with E-state index >= 15 is 0 Å². The number of hydrogen-bond acceptors (Lipinski definition) is 8. The second-order valence-corrected chi connectivity index (χ2v) is 8.76. The lowest BCUT2D eigenvalue weighted by atomic mass is 10.2. The van der Waals surface area contributed by atoms with Gasteiger partial charge in [0.2, 0.25) is 10.0 Å². The van der Waals surface area contributed by atoms with Crippen LogP contribution in [-0.2, 0) is 16.6 Å². The van der Waals surface area contributed by atoms with Crippen LogP contribution < -0.4 is 14.8 Å². The van der Waals surface area contributed by atoms with E-state index in [1.54, 1.807) is 38.1 Å². The molecule has 1 aromatic heterocycles.